The Balaban J connectivity index is 1.64. The maximum absolute atomic E-state index is 5.06. The molecule has 0 aromatic carbocycles. The van der Waals surface area contributed by atoms with Gasteiger partial charge >= 0.3 is 0 Å². The fraction of sp³-hybridized carbons (Fsp3) is 0.643. The van der Waals surface area contributed by atoms with Crippen molar-refractivity contribution in [3.63, 3.8) is 0 Å². The molecule has 3 heterocycles. The Morgan fingerprint density at radius 1 is 1.48 bits per heavy atom. The topological polar surface area (TPSA) is 67.6 Å². The SMILES string of the molecule is COCCNCC1CCCN(c2nccn3cnnc23)C1. The number of nitrogens with one attached hydrogen (secondary N) is 1. The largest absolute Gasteiger partial charge is 0.383 e. The van der Waals surface area contributed by atoms with Crippen molar-refractivity contribution >= 4 is 11.5 Å². The van der Waals surface area contributed by atoms with E-state index in [2.05, 4.69) is 25.4 Å². The molecule has 2 aromatic heterocycles. The Bertz CT molecular complexity index is 571. The van der Waals surface area contributed by atoms with Gasteiger partial charge in [0.25, 0.3) is 0 Å². The first-order valence-corrected chi connectivity index (χ1v) is 7.47. The van der Waals surface area contributed by atoms with Crippen LogP contribution >= 0.6 is 0 Å². The highest BCUT2D eigenvalue weighted by Gasteiger charge is 2.22. The molecule has 114 valence electrons. The van der Waals surface area contributed by atoms with Crippen LogP contribution in [0.15, 0.2) is 18.7 Å². The first-order chi connectivity index (χ1) is 10.4. The van der Waals surface area contributed by atoms with Gasteiger partial charge in [-0.15, -0.1) is 10.2 Å². The molecule has 7 heteroatoms. The molecule has 0 saturated carbocycles. The molecule has 1 aliphatic rings. The van der Waals surface area contributed by atoms with E-state index in [4.69, 9.17) is 4.74 Å². The minimum atomic E-state index is 0.639. The van der Waals surface area contributed by atoms with E-state index in [1.807, 2.05) is 16.8 Å². The van der Waals surface area contributed by atoms with Crippen molar-refractivity contribution in [2.24, 2.45) is 5.92 Å². The van der Waals surface area contributed by atoms with Crippen molar-refractivity contribution in [3.8, 4) is 0 Å². The number of rotatable bonds is 6. The zero-order valence-electron chi connectivity index (χ0n) is 12.4. The van der Waals surface area contributed by atoms with E-state index < -0.39 is 0 Å². The fourth-order valence-electron chi connectivity index (χ4n) is 2.87. The van der Waals surface area contributed by atoms with Gasteiger partial charge in [0.2, 0.25) is 5.65 Å². The summed E-state index contributed by atoms with van der Waals surface area (Å²) < 4.78 is 6.98. The van der Waals surface area contributed by atoms with Crippen LogP contribution < -0.4 is 10.2 Å². The molecule has 1 N–H and O–H groups in total. The maximum atomic E-state index is 5.06. The van der Waals surface area contributed by atoms with Crippen molar-refractivity contribution < 1.29 is 4.74 Å². The van der Waals surface area contributed by atoms with Crippen LogP contribution in [0.1, 0.15) is 12.8 Å². The fourth-order valence-corrected chi connectivity index (χ4v) is 2.87. The molecule has 1 aliphatic heterocycles. The van der Waals surface area contributed by atoms with Gasteiger partial charge < -0.3 is 15.0 Å². The molecule has 7 nitrogen and oxygen atoms in total. The lowest BCUT2D eigenvalue weighted by Gasteiger charge is -2.33. The lowest BCUT2D eigenvalue weighted by atomic mass is 9.98. The average Bonchev–Trinajstić information content (AvgIpc) is 3.00. The van der Waals surface area contributed by atoms with Gasteiger partial charge in [0.1, 0.15) is 6.33 Å². The van der Waals surface area contributed by atoms with Crippen molar-refractivity contribution in [2.45, 2.75) is 12.8 Å². The highest BCUT2D eigenvalue weighted by Crippen LogP contribution is 2.23. The number of piperidine rings is 1. The number of methoxy groups -OCH3 is 1. The normalized spacial score (nSPS) is 19.3. The predicted octanol–water partition coefficient (Wildman–Crippen LogP) is 0.577. The zero-order chi connectivity index (χ0) is 14.5. The van der Waals surface area contributed by atoms with E-state index in [-0.39, 0.29) is 0 Å². The van der Waals surface area contributed by atoms with Gasteiger partial charge in [-0.05, 0) is 25.3 Å². The van der Waals surface area contributed by atoms with E-state index in [1.54, 1.807) is 13.4 Å². The summed E-state index contributed by atoms with van der Waals surface area (Å²) in [6, 6.07) is 0. The molecule has 0 amide bonds. The Kier molecular flexibility index (Phi) is 4.62. The molecule has 0 bridgehead atoms. The molecule has 21 heavy (non-hydrogen) atoms. The summed E-state index contributed by atoms with van der Waals surface area (Å²) >= 11 is 0. The Hall–Kier alpha value is -1.73. The smallest absolute Gasteiger partial charge is 0.203 e. The number of ether oxygens (including phenoxy) is 1. The number of fused-ring (bicyclic) bond motifs is 1. The quantitative estimate of drug-likeness (QED) is 0.785. The van der Waals surface area contributed by atoms with Crippen LogP contribution in [0, 0.1) is 5.92 Å². The van der Waals surface area contributed by atoms with E-state index in [0.717, 1.165) is 44.3 Å². The second-order valence-electron chi connectivity index (χ2n) is 5.46. The van der Waals surface area contributed by atoms with Crippen molar-refractivity contribution in [1.29, 1.82) is 0 Å². The molecule has 3 rings (SSSR count). The van der Waals surface area contributed by atoms with Gasteiger partial charge in [-0.2, -0.15) is 0 Å². The summed E-state index contributed by atoms with van der Waals surface area (Å²) in [5, 5.41) is 11.6. The second kappa shape index (κ2) is 6.82. The average molecular weight is 290 g/mol. The lowest BCUT2D eigenvalue weighted by molar-refractivity contribution is 0.197. The molecular weight excluding hydrogens is 268 g/mol. The molecular formula is C14H22N6O. The predicted molar refractivity (Wildman–Crippen MR) is 80.5 cm³/mol. The van der Waals surface area contributed by atoms with Gasteiger partial charge in [0, 0.05) is 39.1 Å². The van der Waals surface area contributed by atoms with Crippen molar-refractivity contribution in [3.05, 3.63) is 18.7 Å². The van der Waals surface area contributed by atoms with Crippen LogP contribution in [-0.4, -0.2) is 59.5 Å². The van der Waals surface area contributed by atoms with Crippen LogP contribution in [0.2, 0.25) is 0 Å². The van der Waals surface area contributed by atoms with E-state index in [0.29, 0.717) is 5.92 Å². The summed E-state index contributed by atoms with van der Waals surface area (Å²) in [5.74, 6) is 1.58. The van der Waals surface area contributed by atoms with Gasteiger partial charge in [0.15, 0.2) is 5.82 Å². The first kappa shape index (κ1) is 14.2. The molecule has 0 spiro atoms. The van der Waals surface area contributed by atoms with Crippen LogP contribution in [0.3, 0.4) is 0 Å². The molecule has 1 fully saturated rings. The summed E-state index contributed by atoms with van der Waals surface area (Å²) in [7, 11) is 1.73. The monoisotopic (exact) mass is 290 g/mol. The molecule has 1 atom stereocenters. The number of anilines is 1. The Morgan fingerprint density at radius 3 is 3.33 bits per heavy atom. The van der Waals surface area contributed by atoms with Gasteiger partial charge in [0.05, 0.1) is 6.61 Å². The highest BCUT2D eigenvalue weighted by atomic mass is 16.5. The van der Waals surface area contributed by atoms with Crippen LogP contribution in [0.25, 0.3) is 5.65 Å². The van der Waals surface area contributed by atoms with Crippen molar-refractivity contribution in [1.82, 2.24) is 24.9 Å². The first-order valence-electron chi connectivity index (χ1n) is 7.47. The summed E-state index contributed by atoms with van der Waals surface area (Å²) in [5.41, 5.74) is 0.838. The molecule has 1 unspecified atom stereocenters. The summed E-state index contributed by atoms with van der Waals surface area (Å²) in [6.45, 7) is 4.74. The highest BCUT2D eigenvalue weighted by molar-refractivity contribution is 5.63. The minimum Gasteiger partial charge on any atom is -0.383 e. The van der Waals surface area contributed by atoms with E-state index in [1.165, 1.54) is 12.8 Å². The molecule has 0 aliphatic carbocycles. The maximum Gasteiger partial charge on any atom is 0.203 e. The van der Waals surface area contributed by atoms with E-state index >= 15 is 0 Å². The van der Waals surface area contributed by atoms with E-state index in [9.17, 15) is 0 Å². The Morgan fingerprint density at radius 2 is 2.43 bits per heavy atom. The summed E-state index contributed by atoms with van der Waals surface area (Å²) in [6.07, 6.45) is 7.85. The number of hydrogen-bond acceptors (Lipinski definition) is 6. The minimum absolute atomic E-state index is 0.639. The van der Waals surface area contributed by atoms with Crippen LogP contribution in [-0.2, 0) is 4.74 Å². The van der Waals surface area contributed by atoms with Gasteiger partial charge in [-0.25, -0.2) is 4.98 Å². The Labute approximate surface area is 124 Å². The second-order valence-corrected chi connectivity index (χ2v) is 5.46. The van der Waals surface area contributed by atoms with Crippen molar-refractivity contribution in [2.75, 3.05) is 44.8 Å². The molecule has 0 radical (unpaired) electrons. The number of aromatic nitrogens is 4. The third-order valence-electron chi connectivity index (χ3n) is 3.93. The lowest BCUT2D eigenvalue weighted by Crippen LogP contribution is -2.40. The van der Waals surface area contributed by atoms with Gasteiger partial charge in [-0.1, -0.05) is 0 Å². The molecule has 1 saturated heterocycles. The number of hydrogen-bond donors (Lipinski definition) is 1. The van der Waals surface area contributed by atoms with Crippen LogP contribution in [0.5, 0.6) is 0 Å². The standard InChI is InChI=1S/C14H22N6O/c1-21-8-5-15-9-12-3-2-6-19(10-12)13-14-18-17-11-20(14)7-4-16-13/h4,7,11-12,15H,2-3,5-6,8-10H2,1H3. The third kappa shape index (κ3) is 3.30. The third-order valence-corrected chi connectivity index (χ3v) is 3.93. The zero-order valence-corrected chi connectivity index (χ0v) is 12.4. The van der Waals surface area contributed by atoms with Crippen LogP contribution in [0.4, 0.5) is 5.82 Å². The summed E-state index contributed by atoms with van der Waals surface area (Å²) in [4.78, 5) is 6.84. The molecule has 2 aromatic rings. The number of nitrogens with zero attached hydrogens (tertiary/aromatic N) is 5. The van der Waals surface area contributed by atoms with Gasteiger partial charge in [-0.3, -0.25) is 4.40 Å².